The summed E-state index contributed by atoms with van der Waals surface area (Å²) in [4.78, 5) is 8.13. The molecule has 8 heteroatoms. The molecule has 0 spiro atoms. The van der Waals surface area contributed by atoms with Gasteiger partial charge >= 0.3 is 0 Å². The molecule has 0 aliphatic rings. The zero-order valence-electron chi connectivity index (χ0n) is 11.7. The molecule has 0 fully saturated rings. The molecular formula is C15H11Cl3N4O. The van der Waals surface area contributed by atoms with Crippen molar-refractivity contribution in [2.75, 3.05) is 0 Å². The van der Waals surface area contributed by atoms with Gasteiger partial charge in [0.05, 0.1) is 17.3 Å². The Kier molecular flexibility index (Phi) is 4.55. The maximum atomic E-state index is 11.4. The van der Waals surface area contributed by atoms with Crippen LogP contribution in [0.4, 0.5) is 0 Å². The van der Waals surface area contributed by atoms with Crippen molar-refractivity contribution in [2.45, 2.75) is 12.1 Å². The third-order valence-corrected chi connectivity index (χ3v) is 4.16. The highest BCUT2D eigenvalue weighted by Crippen LogP contribution is 2.36. The maximum absolute atomic E-state index is 11.4. The highest BCUT2D eigenvalue weighted by atomic mass is 35.5. The van der Waals surface area contributed by atoms with Crippen LogP contribution in [0.15, 0.2) is 49.2 Å². The van der Waals surface area contributed by atoms with Crippen molar-refractivity contribution < 1.29 is 5.11 Å². The van der Waals surface area contributed by atoms with E-state index in [9.17, 15) is 5.11 Å². The molecule has 0 bridgehead atoms. The van der Waals surface area contributed by atoms with Crippen LogP contribution in [0.25, 0.3) is 0 Å². The molecule has 0 radical (unpaired) electrons. The molecule has 0 aliphatic carbocycles. The fraction of sp³-hybridized carbons (Fsp3) is 0.133. The lowest BCUT2D eigenvalue weighted by Gasteiger charge is -2.29. The second-order valence-electron chi connectivity index (χ2n) is 4.94. The number of aliphatic hydroxyl groups is 1. The second-order valence-corrected chi connectivity index (χ2v) is 6.22. The molecule has 0 saturated carbocycles. The molecule has 1 atom stereocenters. The highest BCUT2D eigenvalue weighted by molar-refractivity contribution is 6.35. The van der Waals surface area contributed by atoms with Crippen LogP contribution in [-0.2, 0) is 12.1 Å². The fourth-order valence-corrected chi connectivity index (χ4v) is 2.97. The first-order valence-corrected chi connectivity index (χ1v) is 7.75. The minimum atomic E-state index is -1.51. The monoisotopic (exact) mass is 368 g/mol. The van der Waals surface area contributed by atoms with Crippen LogP contribution in [-0.4, -0.2) is 24.9 Å². The minimum Gasteiger partial charge on any atom is -0.377 e. The Morgan fingerprint density at radius 2 is 1.87 bits per heavy atom. The summed E-state index contributed by atoms with van der Waals surface area (Å²) in [7, 11) is 0. The highest BCUT2D eigenvalue weighted by Gasteiger charge is 2.36. The third-order valence-electron chi connectivity index (χ3n) is 3.39. The van der Waals surface area contributed by atoms with Crippen molar-refractivity contribution >= 4 is 34.8 Å². The first kappa shape index (κ1) is 16.2. The number of hydrogen-bond acceptors (Lipinski definition) is 4. The SMILES string of the molecule is OC(Cn1cncn1)(c1ccc(Cl)cn1)c1ccc(Cl)cc1Cl. The molecule has 1 aromatic carbocycles. The van der Waals surface area contributed by atoms with E-state index in [1.54, 1.807) is 30.3 Å². The van der Waals surface area contributed by atoms with Gasteiger partial charge in [-0.3, -0.25) is 4.98 Å². The molecule has 2 aromatic heterocycles. The zero-order chi connectivity index (χ0) is 16.4. The van der Waals surface area contributed by atoms with Crippen LogP contribution in [0.2, 0.25) is 15.1 Å². The Labute approximate surface area is 147 Å². The number of halogens is 3. The lowest BCUT2D eigenvalue weighted by atomic mass is 9.89. The van der Waals surface area contributed by atoms with Crippen molar-refractivity contribution in [1.82, 2.24) is 19.7 Å². The van der Waals surface area contributed by atoms with Crippen molar-refractivity contribution in [3.63, 3.8) is 0 Å². The topological polar surface area (TPSA) is 63.8 Å². The van der Waals surface area contributed by atoms with E-state index in [4.69, 9.17) is 34.8 Å². The van der Waals surface area contributed by atoms with Crippen molar-refractivity contribution in [3.8, 4) is 0 Å². The lowest BCUT2D eigenvalue weighted by Crippen LogP contribution is -2.34. The molecule has 1 N–H and O–H groups in total. The van der Waals surface area contributed by atoms with Crippen LogP contribution in [0.3, 0.4) is 0 Å². The van der Waals surface area contributed by atoms with Gasteiger partial charge in [-0.25, -0.2) is 9.67 Å². The molecule has 1 unspecified atom stereocenters. The van der Waals surface area contributed by atoms with Gasteiger partial charge in [0.25, 0.3) is 0 Å². The Balaban J connectivity index is 2.14. The van der Waals surface area contributed by atoms with E-state index >= 15 is 0 Å². The molecular weight excluding hydrogens is 359 g/mol. The molecule has 23 heavy (non-hydrogen) atoms. The third kappa shape index (κ3) is 3.33. The summed E-state index contributed by atoms with van der Waals surface area (Å²) < 4.78 is 1.50. The maximum Gasteiger partial charge on any atom is 0.152 e. The van der Waals surface area contributed by atoms with Gasteiger partial charge in [-0.05, 0) is 24.3 Å². The molecule has 2 heterocycles. The van der Waals surface area contributed by atoms with E-state index in [0.29, 0.717) is 26.3 Å². The normalized spacial score (nSPS) is 13.7. The van der Waals surface area contributed by atoms with Crippen molar-refractivity contribution in [1.29, 1.82) is 0 Å². The van der Waals surface area contributed by atoms with Crippen molar-refractivity contribution in [3.05, 3.63) is 75.5 Å². The quantitative estimate of drug-likeness (QED) is 0.763. The van der Waals surface area contributed by atoms with Gasteiger partial charge in [0.2, 0.25) is 0 Å². The van der Waals surface area contributed by atoms with Gasteiger partial charge in [-0.1, -0.05) is 40.9 Å². The summed E-state index contributed by atoms with van der Waals surface area (Å²) in [5, 5.41) is 16.7. The summed E-state index contributed by atoms with van der Waals surface area (Å²) in [6, 6.07) is 8.19. The average Bonchev–Trinajstić information content (AvgIpc) is 3.00. The molecule has 5 nitrogen and oxygen atoms in total. The van der Waals surface area contributed by atoms with Crippen LogP contribution >= 0.6 is 34.8 Å². The standard InChI is InChI=1S/C15H11Cl3N4O/c16-10-1-3-12(13(18)5-10)15(23,7-22-9-19-8-21-22)14-4-2-11(17)6-20-14/h1-6,8-9,23H,7H2. The Morgan fingerprint density at radius 1 is 1.09 bits per heavy atom. The number of nitrogens with zero attached hydrogens (tertiary/aromatic N) is 4. The Bertz CT molecular complexity index is 808. The Morgan fingerprint density at radius 3 is 2.48 bits per heavy atom. The van der Waals surface area contributed by atoms with E-state index in [2.05, 4.69) is 15.1 Å². The number of rotatable bonds is 4. The second kappa shape index (κ2) is 6.45. The average molecular weight is 370 g/mol. The summed E-state index contributed by atoms with van der Waals surface area (Å²) in [5.74, 6) is 0. The van der Waals surface area contributed by atoms with E-state index < -0.39 is 5.60 Å². The number of benzene rings is 1. The van der Waals surface area contributed by atoms with Crippen LogP contribution in [0, 0.1) is 0 Å². The zero-order valence-corrected chi connectivity index (χ0v) is 14.0. The van der Waals surface area contributed by atoms with Gasteiger partial charge in [0, 0.05) is 21.8 Å². The fourth-order valence-electron chi connectivity index (χ4n) is 2.30. The number of aromatic nitrogens is 4. The van der Waals surface area contributed by atoms with Gasteiger partial charge in [0.1, 0.15) is 12.7 Å². The van der Waals surface area contributed by atoms with E-state index in [1.807, 2.05) is 0 Å². The van der Waals surface area contributed by atoms with Crippen LogP contribution in [0.1, 0.15) is 11.3 Å². The van der Waals surface area contributed by atoms with E-state index in [0.717, 1.165) is 0 Å². The minimum absolute atomic E-state index is 0.0863. The van der Waals surface area contributed by atoms with Gasteiger partial charge in [-0.15, -0.1) is 0 Å². The smallest absolute Gasteiger partial charge is 0.152 e. The molecule has 3 aromatic rings. The number of pyridine rings is 1. The lowest BCUT2D eigenvalue weighted by molar-refractivity contribution is 0.0530. The largest absolute Gasteiger partial charge is 0.377 e. The summed E-state index contributed by atoms with van der Waals surface area (Å²) in [6.45, 7) is 0.0863. The first-order valence-electron chi connectivity index (χ1n) is 6.61. The molecule has 118 valence electrons. The van der Waals surface area contributed by atoms with E-state index in [1.165, 1.54) is 23.5 Å². The van der Waals surface area contributed by atoms with Crippen molar-refractivity contribution in [2.24, 2.45) is 0 Å². The van der Waals surface area contributed by atoms with Gasteiger partial charge in [0.15, 0.2) is 5.60 Å². The van der Waals surface area contributed by atoms with Gasteiger partial charge < -0.3 is 5.11 Å². The molecule has 3 rings (SSSR count). The van der Waals surface area contributed by atoms with E-state index in [-0.39, 0.29) is 6.54 Å². The molecule has 0 amide bonds. The Hall–Kier alpha value is -1.66. The number of hydrogen-bond donors (Lipinski definition) is 1. The predicted molar refractivity (Wildman–Crippen MR) is 88.7 cm³/mol. The summed E-state index contributed by atoms with van der Waals surface area (Å²) in [6.07, 6.45) is 4.36. The first-order chi connectivity index (χ1) is 11.0. The molecule has 0 aliphatic heterocycles. The van der Waals surface area contributed by atoms with Gasteiger partial charge in [-0.2, -0.15) is 5.10 Å². The summed E-state index contributed by atoms with van der Waals surface area (Å²) in [5.41, 5.74) is -0.657. The van der Waals surface area contributed by atoms with Crippen LogP contribution in [0.5, 0.6) is 0 Å². The summed E-state index contributed by atoms with van der Waals surface area (Å²) >= 11 is 18.1. The predicted octanol–water partition coefficient (Wildman–Crippen LogP) is 3.57. The van der Waals surface area contributed by atoms with Crippen LogP contribution < -0.4 is 0 Å². The molecule has 0 saturated heterocycles.